The normalized spacial score (nSPS) is 18.3. The highest BCUT2D eigenvalue weighted by atomic mass is 16.5. The third kappa shape index (κ3) is 5.42. The van der Waals surface area contributed by atoms with Gasteiger partial charge in [-0.25, -0.2) is 0 Å². The number of benzene rings is 1. The van der Waals surface area contributed by atoms with E-state index in [-0.39, 0.29) is 11.7 Å². The third-order valence-corrected chi connectivity index (χ3v) is 4.74. The van der Waals surface area contributed by atoms with Gasteiger partial charge in [0.25, 0.3) is 5.91 Å². The molecule has 1 aliphatic heterocycles. The molecule has 1 heterocycles. The van der Waals surface area contributed by atoms with E-state index in [1.807, 2.05) is 53.0 Å². The summed E-state index contributed by atoms with van der Waals surface area (Å²) in [4.78, 5) is 27.0. The summed E-state index contributed by atoms with van der Waals surface area (Å²) in [6.45, 7) is 11.6. The zero-order valence-corrected chi connectivity index (χ0v) is 17.4. The topological polar surface area (TPSA) is 49.9 Å². The zero-order valence-electron chi connectivity index (χ0n) is 17.4. The number of ether oxygens (including phenoxy) is 1. The van der Waals surface area contributed by atoms with Gasteiger partial charge in [0.05, 0.1) is 23.1 Å². The molecule has 0 saturated heterocycles. The lowest BCUT2D eigenvalue weighted by Gasteiger charge is -2.35. The molecule has 0 saturated carbocycles. The van der Waals surface area contributed by atoms with Crippen molar-refractivity contribution in [1.29, 1.82) is 0 Å². The Balaban J connectivity index is 2.22. The number of amides is 1. The number of fused-ring (bicyclic) bond motifs is 1. The van der Waals surface area contributed by atoms with Crippen LogP contribution in [0.1, 0.15) is 52.5 Å². The molecule has 2 unspecified atom stereocenters. The van der Waals surface area contributed by atoms with Gasteiger partial charge in [0.15, 0.2) is 0 Å². The molecule has 1 amide bonds. The van der Waals surface area contributed by atoms with E-state index in [1.54, 1.807) is 4.90 Å². The van der Waals surface area contributed by atoms with Crippen LogP contribution in [0.2, 0.25) is 0 Å². The first-order valence-electron chi connectivity index (χ1n) is 9.59. The molecule has 2 atom stereocenters. The number of rotatable bonds is 6. The number of hydrogen-bond acceptors (Lipinski definition) is 4. The fraction of sp³-hybridized carbons (Fsp3) is 0.545. The maximum Gasteiger partial charge on any atom is 0.291 e. The van der Waals surface area contributed by atoms with Crippen LogP contribution in [0.25, 0.3) is 0 Å². The summed E-state index contributed by atoms with van der Waals surface area (Å²) in [5.74, 6) is -0.119. The number of nitrogens with zero attached hydrogens (tertiary/aromatic N) is 2. The van der Waals surface area contributed by atoms with Crippen LogP contribution in [0.4, 0.5) is 11.4 Å². The van der Waals surface area contributed by atoms with E-state index in [2.05, 4.69) is 24.0 Å². The van der Waals surface area contributed by atoms with E-state index in [4.69, 9.17) is 4.74 Å². The van der Waals surface area contributed by atoms with Crippen molar-refractivity contribution in [3.63, 3.8) is 0 Å². The first-order chi connectivity index (χ1) is 12.6. The quantitative estimate of drug-likeness (QED) is 0.431. The maximum absolute atomic E-state index is 12.2. The summed E-state index contributed by atoms with van der Waals surface area (Å²) in [6.07, 6.45) is 5.42. The van der Waals surface area contributed by atoms with Crippen molar-refractivity contribution in [2.24, 2.45) is 0 Å². The van der Waals surface area contributed by atoms with Crippen LogP contribution in [0.15, 0.2) is 30.4 Å². The minimum Gasteiger partial charge on any atom is -0.369 e. The van der Waals surface area contributed by atoms with Crippen LogP contribution in [-0.2, 0) is 14.3 Å². The van der Waals surface area contributed by atoms with Gasteiger partial charge in [-0.05, 0) is 51.7 Å². The summed E-state index contributed by atoms with van der Waals surface area (Å²) in [5, 5.41) is 0. The molecule has 27 heavy (non-hydrogen) atoms. The molecule has 148 valence electrons. The van der Waals surface area contributed by atoms with Crippen molar-refractivity contribution in [2.45, 2.75) is 58.7 Å². The molecule has 1 aromatic rings. The second-order valence-electron chi connectivity index (χ2n) is 8.26. The highest BCUT2D eigenvalue weighted by Gasteiger charge is 2.29. The van der Waals surface area contributed by atoms with Crippen molar-refractivity contribution in [3.8, 4) is 0 Å². The van der Waals surface area contributed by atoms with Crippen LogP contribution in [0, 0.1) is 0 Å². The number of hydrogen-bond donors (Lipinski definition) is 0. The Morgan fingerprint density at radius 2 is 2.11 bits per heavy atom. The number of carbonyl (C=O) groups excluding carboxylic acids is 2. The van der Waals surface area contributed by atoms with E-state index in [9.17, 15) is 9.59 Å². The molecular weight excluding hydrogens is 340 g/mol. The molecule has 0 fully saturated rings. The monoisotopic (exact) mass is 372 g/mol. The van der Waals surface area contributed by atoms with Gasteiger partial charge in [-0.3, -0.25) is 9.59 Å². The lowest BCUT2D eigenvalue weighted by molar-refractivity contribution is -0.129. The Labute approximate surface area is 163 Å². The molecular formula is C22H32N2O3. The van der Waals surface area contributed by atoms with E-state index < -0.39 is 5.91 Å². The molecule has 0 radical (unpaired) electrons. The summed E-state index contributed by atoms with van der Waals surface area (Å²) in [6, 6.07) is 6.08. The number of aldehydes is 1. The van der Waals surface area contributed by atoms with Crippen LogP contribution >= 0.6 is 0 Å². The van der Waals surface area contributed by atoms with Crippen molar-refractivity contribution in [3.05, 3.63) is 35.9 Å². The molecule has 0 aliphatic carbocycles. The Morgan fingerprint density at radius 3 is 2.74 bits per heavy atom. The van der Waals surface area contributed by atoms with Gasteiger partial charge in [-0.15, -0.1) is 0 Å². The molecule has 0 N–H and O–H groups in total. The molecule has 0 spiro atoms. The van der Waals surface area contributed by atoms with Crippen molar-refractivity contribution < 1.29 is 14.3 Å². The predicted molar refractivity (Wildman–Crippen MR) is 111 cm³/mol. The number of likely N-dealkylation sites (N-methyl/N-ethyl adjacent to an activating group) is 1. The van der Waals surface area contributed by atoms with Gasteiger partial charge < -0.3 is 14.5 Å². The highest BCUT2D eigenvalue weighted by Crippen LogP contribution is 2.41. The van der Waals surface area contributed by atoms with Crippen LogP contribution in [0.5, 0.6) is 0 Å². The van der Waals surface area contributed by atoms with Gasteiger partial charge in [0.1, 0.15) is 0 Å². The van der Waals surface area contributed by atoms with Crippen LogP contribution in [-0.4, -0.2) is 44.0 Å². The first-order valence-corrected chi connectivity index (χ1v) is 9.59. The van der Waals surface area contributed by atoms with Crippen LogP contribution in [0.3, 0.4) is 0 Å². The maximum atomic E-state index is 12.2. The van der Waals surface area contributed by atoms with Crippen molar-refractivity contribution >= 4 is 23.6 Å². The van der Waals surface area contributed by atoms with Gasteiger partial charge in [0, 0.05) is 20.1 Å². The molecule has 2 rings (SSSR count). The fourth-order valence-corrected chi connectivity index (χ4v) is 3.53. The molecule has 0 aromatic heterocycles. The Morgan fingerprint density at radius 1 is 1.41 bits per heavy atom. The Bertz CT molecular complexity index is 706. The summed E-state index contributed by atoms with van der Waals surface area (Å²) in [7, 11) is 2.00. The molecule has 1 aliphatic rings. The fourth-order valence-electron chi connectivity index (χ4n) is 3.53. The van der Waals surface area contributed by atoms with E-state index in [1.165, 1.54) is 0 Å². The van der Waals surface area contributed by atoms with Gasteiger partial charge in [-0.1, -0.05) is 31.2 Å². The van der Waals surface area contributed by atoms with E-state index >= 15 is 0 Å². The summed E-state index contributed by atoms with van der Waals surface area (Å²) >= 11 is 0. The minimum atomic E-state index is -0.480. The smallest absolute Gasteiger partial charge is 0.291 e. The van der Waals surface area contributed by atoms with Gasteiger partial charge in [0.2, 0.25) is 6.29 Å². The summed E-state index contributed by atoms with van der Waals surface area (Å²) < 4.78 is 5.90. The average Bonchev–Trinajstić information content (AvgIpc) is 2.59. The first kappa shape index (κ1) is 21.2. The van der Waals surface area contributed by atoms with E-state index in [0.717, 1.165) is 23.4 Å². The molecule has 1 aromatic carbocycles. The predicted octanol–water partition coefficient (Wildman–Crippen LogP) is 3.92. The molecule has 0 bridgehead atoms. The van der Waals surface area contributed by atoms with Crippen LogP contribution < -0.4 is 9.80 Å². The van der Waals surface area contributed by atoms with Crippen molar-refractivity contribution in [2.75, 3.05) is 29.9 Å². The number of anilines is 2. The standard InChI is InChI=1S/C22H32N2O3/c1-16-12-14-24(20(26)15-25)21-18(16)10-7-11-19(21)23(6)13-8-9-17(2)27-22(3,4)5/h7-11,15-17H,12-14H2,1-6H3/b9-8-. The second-order valence-corrected chi connectivity index (χ2v) is 8.26. The number of carbonyl (C=O) groups is 2. The Hall–Kier alpha value is -2.14. The second kappa shape index (κ2) is 8.70. The lowest BCUT2D eigenvalue weighted by Crippen LogP contribution is -2.38. The largest absolute Gasteiger partial charge is 0.369 e. The molecule has 5 heteroatoms. The van der Waals surface area contributed by atoms with E-state index in [0.29, 0.717) is 25.3 Å². The average molecular weight is 373 g/mol. The summed E-state index contributed by atoms with van der Waals surface area (Å²) in [5.41, 5.74) is 2.76. The highest BCUT2D eigenvalue weighted by molar-refractivity contribution is 6.31. The van der Waals surface area contributed by atoms with Gasteiger partial charge in [-0.2, -0.15) is 0 Å². The number of para-hydroxylation sites is 1. The zero-order chi connectivity index (χ0) is 20.2. The van der Waals surface area contributed by atoms with Crippen molar-refractivity contribution in [1.82, 2.24) is 0 Å². The minimum absolute atomic E-state index is 0.0243. The molecule has 5 nitrogen and oxygen atoms in total. The van der Waals surface area contributed by atoms with Gasteiger partial charge >= 0.3 is 0 Å². The lowest BCUT2D eigenvalue weighted by atomic mass is 9.90. The third-order valence-electron chi connectivity index (χ3n) is 4.74. The SMILES string of the molecule is CC(/C=C\CN(C)c1cccc2c1N(C(=O)C=O)CCC2C)OC(C)(C)C. The Kier molecular flexibility index (Phi) is 6.82.